The summed E-state index contributed by atoms with van der Waals surface area (Å²) >= 11 is 5.95. The molecule has 162 valence electrons. The molecular weight excluding hydrogens is 412 g/mol. The first-order chi connectivity index (χ1) is 15.1. The van der Waals surface area contributed by atoms with E-state index in [1.54, 1.807) is 18.3 Å². The van der Waals surface area contributed by atoms with Gasteiger partial charge in [0.15, 0.2) is 0 Å². The van der Waals surface area contributed by atoms with E-state index in [0.717, 1.165) is 61.5 Å². The zero-order chi connectivity index (χ0) is 21.6. The van der Waals surface area contributed by atoms with Gasteiger partial charge in [-0.3, -0.25) is 9.89 Å². The number of piperidine rings is 1. The number of benzene rings is 1. The Morgan fingerprint density at radius 3 is 2.87 bits per heavy atom. The quantitative estimate of drug-likeness (QED) is 0.400. The van der Waals surface area contributed by atoms with Crippen molar-refractivity contribution in [2.75, 3.05) is 19.7 Å². The third-order valence-electron chi connectivity index (χ3n) is 5.64. The third-order valence-corrected chi connectivity index (χ3v) is 5.84. The Morgan fingerprint density at radius 1 is 1.26 bits per heavy atom. The SMILES string of the molecule is CCCCOc1ccc(-c2cc(C3CCCN(C(=O)c4ccnc(Cl)c4)C3)[nH]n2)cc1. The van der Waals surface area contributed by atoms with Crippen molar-refractivity contribution in [3.63, 3.8) is 0 Å². The molecule has 1 aliphatic heterocycles. The van der Waals surface area contributed by atoms with Crippen molar-refractivity contribution >= 4 is 17.5 Å². The summed E-state index contributed by atoms with van der Waals surface area (Å²) in [6, 6.07) is 13.5. The molecule has 7 heteroatoms. The molecule has 4 rings (SSSR count). The Kier molecular flexibility index (Phi) is 6.87. The van der Waals surface area contributed by atoms with Gasteiger partial charge >= 0.3 is 0 Å². The maximum absolute atomic E-state index is 12.9. The number of carbonyl (C=O) groups excluding carboxylic acids is 1. The Labute approximate surface area is 187 Å². The normalized spacial score (nSPS) is 16.3. The van der Waals surface area contributed by atoms with Crippen LogP contribution in [-0.2, 0) is 0 Å². The van der Waals surface area contributed by atoms with Crippen LogP contribution >= 0.6 is 11.6 Å². The van der Waals surface area contributed by atoms with E-state index >= 15 is 0 Å². The van der Waals surface area contributed by atoms with Gasteiger partial charge in [-0.05, 0) is 61.7 Å². The van der Waals surface area contributed by atoms with Crippen LogP contribution in [0.3, 0.4) is 0 Å². The van der Waals surface area contributed by atoms with Crippen LogP contribution in [-0.4, -0.2) is 45.7 Å². The van der Waals surface area contributed by atoms with Crippen molar-refractivity contribution in [3.05, 3.63) is 65.1 Å². The number of rotatable bonds is 7. The summed E-state index contributed by atoms with van der Waals surface area (Å²) in [5.74, 6) is 1.10. The Balaban J connectivity index is 1.42. The topological polar surface area (TPSA) is 71.1 Å². The smallest absolute Gasteiger partial charge is 0.254 e. The highest BCUT2D eigenvalue weighted by atomic mass is 35.5. The van der Waals surface area contributed by atoms with Gasteiger partial charge in [0.1, 0.15) is 10.9 Å². The molecule has 3 heterocycles. The van der Waals surface area contributed by atoms with Crippen molar-refractivity contribution in [2.24, 2.45) is 0 Å². The maximum Gasteiger partial charge on any atom is 0.254 e. The summed E-state index contributed by atoms with van der Waals surface area (Å²) in [7, 11) is 0. The van der Waals surface area contributed by atoms with E-state index in [-0.39, 0.29) is 11.8 Å². The van der Waals surface area contributed by atoms with Gasteiger partial charge in [0, 0.05) is 42.0 Å². The fourth-order valence-corrected chi connectivity index (χ4v) is 4.06. The van der Waals surface area contributed by atoms with Gasteiger partial charge in [0.25, 0.3) is 5.91 Å². The largest absolute Gasteiger partial charge is 0.494 e. The van der Waals surface area contributed by atoms with E-state index in [1.165, 1.54) is 0 Å². The van der Waals surface area contributed by atoms with Crippen LogP contribution in [0, 0.1) is 0 Å². The first-order valence-corrected chi connectivity index (χ1v) is 11.2. The highest BCUT2D eigenvalue weighted by Gasteiger charge is 2.27. The second-order valence-electron chi connectivity index (χ2n) is 7.89. The maximum atomic E-state index is 12.9. The number of pyridine rings is 1. The van der Waals surface area contributed by atoms with E-state index in [0.29, 0.717) is 17.3 Å². The lowest BCUT2D eigenvalue weighted by atomic mass is 9.94. The molecule has 1 fully saturated rings. The molecule has 0 spiro atoms. The number of amides is 1. The second-order valence-corrected chi connectivity index (χ2v) is 8.28. The number of nitrogens with zero attached hydrogens (tertiary/aromatic N) is 3. The number of nitrogens with one attached hydrogen (secondary N) is 1. The number of likely N-dealkylation sites (tertiary alicyclic amines) is 1. The number of aromatic nitrogens is 3. The standard InChI is InChI=1S/C24H27ClN4O2/c1-2-3-13-31-20-8-6-17(7-9-20)21-15-22(28-27-21)19-5-4-12-29(16-19)24(30)18-10-11-26-23(25)14-18/h6-11,14-15,19H,2-5,12-13,16H2,1H3,(H,27,28). The minimum Gasteiger partial charge on any atom is -0.494 e. The van der Waals surface area contributed by atoms with E-state index in [1.807, 2.05) is 29.2 Å². The number of aromatic amines is 1. The monoisotopic (exact) mass is 438 g/mol. The van der Waals surface area contributed by atoms with Crippen molar-refractivity contribution in [1.82, 2.24) is 20.1 Å². The predicted molar refractivity (Wildman–Crippen MR) is 122 cm³/mol. The minimum atomic E-state index is -0.00704. The van der Waals surface area contributed by atoms with Gasteiger partial charge < -0.3 is 9.64 Å². The zero-order valence-corrected chi connectivity index (χ0v) is 18.4. The van der Waals surface area contributed by atoms with Gasteiger partial charge in [-0.1, -0.05) is 24.9 Å². The van der Waals surface area contributed by atoms with Gasteiger partial charge in [0.05, 0.1) is 12.3 Å². The molecule has 1 saturated heterocycles. The van der Waals surface area contributed by atoms with Crippen LogP contribution in [0.5, 0.6) is 5.75 Å². The summed E-state index contributed by atoms with van der Waals surface area (Å²) in [5.41, 5.74) is 3.58. The van der Waals surface area contributed by atoms with E-state index in [2.05, 4.69) is 28.2 Å². The molecule has 1 N–H and O–H groups in total. The molecule has 31 heavy (non-hydrogen) atoms. The van der Waals surface area contributed by atoms with Crippen molar-refractivity contribution in [3.8, 4) is 17.0 Å². The molecule has 1 aromatic carbocycles. The van der Waals surface area contributed by atoms with Crippen molar-refractivity contribution < 1.29 is 9.53 Å². The number of hydrogen-bond donors (Lipinski definition) is 1. The van der Waals surface area contributed by atoms with Crippen LogP contribution in [0.1, 0.15) is 54.6 Å². The van der Waals surface area contributed by atoms with Crippen LogP contribution in [0.4, 0.5) is 0 Å². The van der Waals surface area contributed by atoms with Gasteiger partial charge in [-0.15, -0.1) is 0 Å². The Bertz CT molecular complexity index is 1020. The summed E-state index contributed by atoms with van der Waals surface area (Å²) in [6.45, 7) is 4.29. The summed E-state index contributed by atoms with van der Waals surface area (Å²) in [5, 5.41) is 8.03. The number of ether oxygens (including phenoxy) is 1. The Hall–Kier alpha value is -2.86. The Morgan fingerprint density at radius 2 is 2.10 bits per heavy atom. The van der Waals surface area contributed by atoms with Gasteiger partial charge in [0.2, 0.25) is 0 Å². The zero-order valence-electron chi connectivity index (χ0n) is 17.7. The molecule has 1 aliphatic rings. The van der Waals surface area contributed by atoms with Gasteiger partial charge in [-0.2, -0.15) is 5.10 Å². The van der Waals surface area contributed by atoms with Gasteiger partial charge in [-0.25, -0.2) is 4.98 Å². The molecule has 1 atom stereocenters. The average Bonchev–Trinajstić information content (AvgIpc) is 3.30. The highest BCUT2D eigenvalue weighted by molar-refractivity contribution is 6.29. The number of unbranched alkanes of at least 4 members (excludes halogenated alkanes) is 1. The number of halogens is 1. The molecule has 0 saturated carbocycles. The molecule has 1 amide bonds. The van der Waals surface area contributed by atoms with Crippen LogP contribution in [0.25, 0.3) is 11.3 Å². The molecule has 0 aliphatic carbocycles. The molecule has 6 nitrogen and oxygen atoms in total. The first kappa shape index (κ1) is 21.4. The number of carbonyl (C=O) groups is 1. The van der Waals surface area contributed by atoms with Crippen LogP contribution < -0.4 is 4.74 Å². The lowest BCUT2D eigenvalue weighted by Gasteiger charge is -2.32. The van der Waals surface area contributed by atoms with Crippen molar-refractivity contribution in [1.29, 1.82) is 0 Å². The van der Waals surface area contributed by atoms with Crippen molar-refractivity contribution in [2.45, 2.75) is 38.5 Å². The fraction of sp³-hybridized carbons (Fsp3) is 0.375. The third kappa shape index (κ3) is 5.25. The van der Waals surface area contributed by atoms with Crippen LogP contribution in [0.2, 0.25) is 5.15 Å². The lowest BCUT2D eigenvalue weighted by molar-refractivity contribution is 0.0705. The predicted octanol–water partition coefficient (Wildman–Crippen LogP) is 5.32. The number of H-pyrrole nitrogens is 1. The fourth-order valence-electron chi connectivity index (χ4n) is 3.88. The highest BCUT2D eigenvalue weighted by Crippen LogP contribution is 2.30. The average molecular weight is 439 g/mol. The summed E-state index contributed by atoms with van der Waals surface area (Å²) in [6.07, 6.45) is 5.71. The molecule has 2 aromatic heterocycles. The van der Waals surface area contributed by atoms with Crippen LogP contribution in [0.15, 0.2) is 48.7 Å². The molecule has 3 aromatic rings. The van der Waals surface area contributed by atoms with E-state index < -0.39 is 0 Å². The lowest BCUT2D eigenvalue weighted by Crippen LogP contribution is -2.39. The minimum absolute atomic E-state index is 0.00704. The molecule has 1 unspecified atom stereocenters. The van der Waals surface area contributed by atoms with E-state index in [9.17, 15) is 4.79 Å². The molecular formula is C24H27ClN4O2. The van der Waals surface area contributed by atoms with E-state index in [4.69, 9.17) is 16.3 Å². The molecule has 0 radical (unpaired) electrons. The number of hydrogen-bond acceptors (Lipinski definition) is 4. The second kappa shape index (κ2) is 9.96. The molecule has 0 bridgehead atoms. The summed E-state index contributed by atoms with van der Waals surface area (Å²) < 4.78 is 5.74. The summed E-state index contributed by atoms with van der Waals surface area (Å²) in [4.78, 5) is 18.7. The first-order valence-electron chi connectivity index (χ1n) is 10.8.